The van der Waals surface area contributed by atoms with Gasteiger partial charge in [-0.05, 0) is 35.9 Å². The van der Waals surface area contributed by atoms with Crippen molar-refractivity contribution in [1.82, 2.24) is 19.7 Å². The first-order chi connectivity index (χ1) is 19.8. The molecule has 212 valence electrons. The second-order valence-electron chi connectivity index (χ2n) is 9.91. The Kier molecular flexibility index (Phi) is 8.46. The molecule has 11 heteroatoms. The van der Waals surface area contributed by atoms with Crippen LogP contribution in [0.15, 0.2) is 85.5 Å². The van der Waals surface area contributed by atoms with Crippen LogP contribution >= 0.6 is 0 Å². The number of hydrogen-bond donors (Lipinski definition) is 2. The molecule has 1 unspecified atom stereocenters. The second kappa shape index (κ2) is 12.4. The number of halogens is 3. The Bertz CT molecular complexity index is 1510. The summed E-state index contributed by atoms with van der Waals surface area (Å²) in [4.78, 5) is 20.0. The van der Waals surface area contributed by atoms with Crippen LogP contribution in [0.2, 0.25) is 0 Å². The molecule has 0 bridgehead atoms. The number of aromatic nitrogens is 3. The molecule has 1 aliphatic heterocycles. The van der Waals surface area contributed by atoms with E-state index in [1.807, 2.05) is 40.1 Å². The Labute approximate surface area is 235 Å². The fraction of sp³-hybridized carbons (Fsp3) is 0.233. The van der Waals surface area contributed by atoms with Crippen molar-refractivity contribution in [3.63, 3.8) is 0 Å². The molecule has 5 rings (SSSR count). The number of rotatable bonds is 9. The average Bonchev–Trinajstić information content (AvgIpc) is 3.46. The van der Waals surface area contributed by atoms with Crippen molar-refractivity contribution < 1.29 is 23.1 Å². The van der Waals surface area contributed by atoms with E-state index in [9.17, 15) is 18.7 Å². The molecule has 1 amide bonds. The number of nitrogens with one attached hydrogen (secondary N) is 1. The van der Waals surface area contributed by atoms with Gasteiger partial charge in [-0.25, -0.2) is 22.8 Å². The molecule has 1 aliphatic rings. The van der Waals surface area contributed by atoms with E-state index < -0.39 is 23.1 Å². The van der Waals surface area contributed by atoms with Crippen molar-refractivity contribution >= 4 is 23.4 Å². The number of benzene rings is 3. The van der Waals surface area contributed by atoms with Crippen LogP contribution < -0.4 is 10.2 Å². The first-order valence-electron chi connectivity index (χ1n) is 13.1. The van der Waals surface area contributed by atoms with E-state index in [-0.39, 0.29) is 24.6 Å². The second-order valence-corrected chi connectivity index (χ2v) is 9.91. The van der Waals surface area contributed by atoms with Gasteiger partial charge in [0.15, 0.2) is 0 Å². The van der Waals surface area contributed by atoms with Gasteiger partial charge in [0.25, 0.3) is 0 Å². The molecule has 0 radical (unpaired) electrons. The third kappa shape index (κ3) is 7.00. The van der Waals surface area contributed by atoms with Gasteiger partial charge in [-0.2, -0.15) is 5.10 Å². The Hall–Kier alpha value is -4.48. The van der Waals surface area contributed by atoms with E-state index >= 15 is 4.39 Å². The van der Waals surface area contributed by atoms with E-state index in [1.165, 1.54) is 35.5 Å². The van der Waals surface area contributed by atoms with Gasteiger partial charge < -0.3 is 15.3 Å². The third-order valence-corrected chi connectivity index (χ3v) is 6.96. The minimum atomic E-state index is -1.71. The number of hydrogen-bond acceptors (Lipinski definition) is 6. The summed E-state index contributed by atoms with van der Waals surface area (Å²) >= 11 is 0. The van der Waals surface area contributed by atoms with Gasteiger partial charge in [0.1, 0.15) is 35.7 Å². The minimum absolute atomic E-state index is 0.0425. The van der Waals surface area contributed by atoms with Crippen molar-refractivity contribution in [3.8, 4) is 0 Å². The van der Waals surface area contributed by atoms with Crippen LogP contribution in [0.1, 0.15) is 11.1 Å². The first kappa shape index (κ1) is 28.1. The van der Waals surface area contributed by atoms with Gasteiger partial charge in [0, 0.05) is 56.1 Å². The number of aliphatic hydroxyl groups is 1. The van der Waals surface area contributed by atoms with Crippen LogP contribution in [0.5, 0.6) is 0 Å². The fourth-order valence-corrected chi connectivity index (χ4v) is 4.95. The fourth-order valence-electron chi connectivity index (χ4n) is 4.95. The summed E-state index contributed by atoms with van der Waals surface area (Å²) in [6.07, 6.45) is 5.80. The molecule has 2 N–H and O–H groups in total. The molecule has 0 spiro atoms. The lowest BCUT2D eigenvalue weighted by atomic mass is 9.92. The maximum absolute atomic E-state index is 15.1. The molecular weight excluding hydrogens is 533 g/mol. The summed E-state index contributed by atoms with van der Waals surface area (Å²) in [6, 6.07) is 17.0. The molecule has 41 heavy (non-hydrogen) atoms. The summed E-state index contributed by atoms with van der Waals surface area (Å²) < 4.78 is 44.8. The van der Waals surface area contributed by atoms with Crippen LogP contribution in [-0.4, -0.2) is 63.4 Å². The van der Waals surface area contributed by atoms with Crippen LogP contribution in [-0.2, 0) is 16.9 Å². The smallest absolute Gasteiger partial charge is 0.248 e. The Morgan fingerprint density at radius 3 is 2.41 bits per heavy atom. The van der Waals surface area contributed by atoms with Gasteiger partial charge in [0.2, 0.25) is 5.91 Å². The molecule has 1 saturated heterocycles. The van der Waals surface area contributed by atoms with Gasteiger partial charge >= 0.3 is 0 Å². The molecule has 2 heterocycles. The zero-order valence-corrected chi connectivity index (χ0v) is 22.1. The Morgan fingerprint density at radius 1 is 0.951 bits per heavy atom. The van der Waals surface area contributed by atoms with Crippen molar-refractivity contribution in [1.29, 1.82) is 0 Å². The van der Waals surface area contributed by atoms with E-state index in [1.54, 1.807) is 18.2 Å². The monoisotopic (exact) mass is 562 g/mol. The first-order valence-corrected chi connectivity index (χ1v) is 13.1. The molecule has 1 atom stereocenters. The highest BCUT2D eigenvalue weighted by Gasteiger charge is 2.36. The van der Waals surface area contributed by atoms with Crippen molar-refractivity contribution in [2.45, 2.75) is 12.1 Å². The molecule has 0 saturated carbocycles. The number of carbonyl (C=O) groups is 1. The highest BCUT2D eigenvalue weighted by atomic mass is 19.1. The van der Waals surface area contributed by atoms with Crippen molar-refractivity contribution in [3.05, 3.63) is 114 Å². The Morgan fingerprint density at radius 2 is 1.73 bits per heavy atom. The lowest BCUT2D eigenvalue weighted by molar-refractivity contribution is -0.111. The summed E-state index contributed by atoms with van der Waals surface area (Å²) in [5.41, 5.74) is -0.146. The summed E-state index contributed by atoms with van der Waals surface area (Å²) in [5.74, 6) is -2.43. The molecule has 1 fully saturated rings. The molecule has 3 aromatic carbocycles. The SMILES string of the molecule is O=C(/C=C/c1ccccc1)Nc1ccc(N2CCN(CC(O)(Cn3cncn3)c3ccc(F)cc3F)CC2)c(F)c1. The van der Waals surface area contributed by atoms with E-state index in [0.29, 0.717) is 37.6 Å². The summed E-state index contributed by atoms with van der Waals surface area (Å²) in [6.45, 7) is 1.79. The number of carbonyl (C=O) groups excluding carboxylic acids is 1. The minimum Gasteiger partial charge on any atom is -0.382 e. The lowest BCUT2D eigenvalue weighted by Gasteiger charge is -2.40. The van der Waals surface area contributed by atoms with Crippen LogP contribution in [0.25, 0.3) is 6.08 Å². The number of amides is 1. The van der Waals surface area contributed by atoms with E-state index in [4.69, 9.17) is 0 Å². The quantitative estimate of drug-likeness (QED) is 0.300. The van der Waals surface area contributed by atoms with Gasteiger partial charge in [0.05, 0.1) is 12.2 Å². The normalized spacial score (nSPS) is 15.7. The van der Waals surface area contributed by atoms with Gasteiger partial charge in [-0.1, -0.05) is 36.4 Å². The topological polar surface area (TPSA) is 86.5 Å². The maximum Gasteiger partial charge on any atom is 0.248 e. The predicted octanol–water partition coefficient (Wildman–Crippen LogP) is 4.06. The van der Waals surface area contributed by atoms with E-state index in [0.717, 1.165) is 17.7 Å². The number of β-amino-alcohol motifs (C(OH)–C–C–N with tert-alkyl or cyclic N) is 1. The van der Waals surface area contributed by atoms with Gasteiger partial charge in [-0.3, -0.25) is 9.69 Å². The number of anilines is 2. The van der Waals surface area contributed by atoms with Gasteiger partial charge in [-0.15, -0.1) is 0 Å². The van der Waals surface area contributed by atoms with Crippen LogP contribution in [0, 0.1) is 17.5 Å². The summed E-state index contributed by atoms with van der Waals surface area (Å²) in [7, 11) is 0. The lowest BCUT2D eigenvalue weighted by Crippen LogP contribution is -2.52. The van der Waals surface area contributed by atoms with Crippen LogP contribution in [0.3, 0.4) is 0 Å². The van der Waals surface area contributed by atoms with E-state index in [2.05, 4.69) is 15.4 Å². The van der Waals surface area contributed by atoms with Crippen LogP contribution in [0.4, 0.5) is 24.5 Å². The zero-order valence-electron chi connectivity index (χ0n) is 22.1. The standard InChI is InChI=1S/C30H29F3N6O2/c31-23-7-9-25(26(32)16-23)30(41,19-39-21-34-20-35-39)18-37-12-14-38(15-13-37)28-10-8-24(17-27(28)33)36-29(40)11-6-22-4-2-1-3-5-22/h1-11,16-17,20-21,41H,12-15,18-19H2,(H,36,40)/b11-6+. The maximum atomic E-state index is 15.1. The highest BCUT2D eigenvalue weighted by Crippen LogP contribution is 2.29. The largest absolute Gasteiger partial charge is 0.382 e. The molecule has 8 nitrogen and oxygen atoms in total. The Balaban J connectivity index is 1.21. The molecular formula is C30H29F3N6O2. The molecule has 1 aromatic heterocycles. The number of nitrogens with zero attached hydrogens (tertiary/aromatic N) is 5. The summed E-state index contributed by atoms with van der Waals surface area (Å²) in [5, 5.41) is 18.3. The van der Waals surface area contributed by atoms with Crippen molar-refractivity contribution in [2.75, 3.05) is 42.9 Å². The third-order valence-electron chi connectivity index (χ3n) is 6.96. The predicted molar refractivity (Wildman–Crippen MR) is 149 cm³/mol. The number of piperazine rings is 1. The zero-order chi connectivity index (χ0) is 28.8. The van der Waals surface area contributed by atoms with Crippen molar-refractivity contribution in [2.24, 2.45) is 0 Å². The average molecular weight is 563 g/mol. The molecule has 0 aliphatic carbocycles. The molecule has 4 aromatic rings. The highest BCUT2D eigenvalue weighted by molar-refractivity contribution is 6.02.